The van der Waals surface area contributed by atoms with Gasteiger partial charge in [0.15, 0.2) is 0 Å². The molecule has 4 unspecified atom stereocenters. The smallest absolute Gasteiger partial charge is 0.217 e. The highest BCUT2D eigenvalue weighted by atomic mass is 31.2. The summed E-state index contributed by atoms with van der Waals surface area (Å²) in [5.74, 6) is -0.351. The maximum absolute atomic E-state index is 12.6. The minimum Gasteiger partial charge on any atom is -0.778 e. The first-order valence-electron chi connectivity index (χ1n) is 13.6. The molecule has 220 valence electrons. The van der Waals surface area contributed by atoms with Crippen LogP contribution in [0, 0.1) is 0 Å². The first-order chi connectivity index (χ1) is 19.8. The highest BCUT2D eigenvalue weighted by Crippen LogP contribution is 2.40. The average molecular weight is 583 g/mol. The molecular formula is C31H37NO8P-. The lowest BCUT2D eigenvalue weighted by atomic mass is 9.92. The molecule has 4 rings (SSSR count). The first-order valence-corrected chi connectivity index (χ1v) is 15.3. The summed E-state index contributed by atoms with van der Waals surface area (Å²) in [5.41, 5.74) is 2.85. The number of amides is 1. The van der Waals surface area contributed by atoms with Crippen molar-refractivity contribution in [1.29, 1.82) is 0 Å². The van der Waals surface area contributed by atoms with Crippen molar-refractivity contribution >= 4 is 13.5 Å². The molecule has 9 nitrogen and oxygen atoms in total. The largest absolute Gasteiger partial charge is 0.778 e. The van der Waals surface area contributed by atoms with E-state index in [0.29, 0.717) is 6.61 Å². The Balaban J connectivity index is 1.64. The van der Waals surface area contributed by atoms with E-state index in [2.05, 4.69) is 5.32 Å². The van der Waals surface area contributed by atoms with Crippen LogP contribution in [-0.4, -0.2) is 56.2 Å². The lowest BCUT2D eigenvalue weighted by Crippen LogP contribution is -2.66. The zero-order valence-corrected chi connectivity index (χ0v) is 24.2. The van der Waals surface area contributed by atoms with Crippen LogP contribution in [0.25, 0.3) is 0 Å². The van der Waals surface area contributed by atoms with Crippen molar-refractivity contribution in [2.45, 2.75) is 57.2 Å². The summed E-state index contributed by atoms with van der Waals surface area (Å²) < 4.78 is 42.7. The number of benzene rings is 3. The molecule has 0 bridgehead atoms. The molecule has 0 spiro atoms. The van der Waals surface area contributed by atoms with E-state index in [9.17, 15) is 14.3 Å². The topological polar surface area (TPSA) is 115 Å². The second-order valence-corrected chi connectivity index (χ2v) is 11.9. The van der Waals surface area contributed by atoms with Gasteiger partial charge in [-0.2, -0.15) is 0 Å². The minimum absolute atomic E-state index is 0.110. The van der Waals surface area contributed by atoms with E-state index in [4.69, 9.17) is 23.5 Å². The summed E-state index contributed by atoms with van der Waals surface area (Å²) >= 11 is 0. The van der Waals surface area contributed by atoms with Crippen LogP contribution in [0.1, 0.15) is 23.6 Å². The van der Waals surface area contributed by atoms with E-state index in [-0.39, 0.29) is 25.7 Å². The van der Waals surface area contributed by atoms with E-state index in [1.165, 1.54) is 6.92 Å². The third-order valence-electron chi connectivity index (χ3n) is 6.81. The molecule has 1 amide bonds. The van der Waals surface area contributed by atoms with Gasteiger partial charge in [-0.15, -0.1) is 0 Å². The van der Waals surface area contributed by atoms with Gasteiger partial charge in [0.25, 0.3) is 0 Å². The number of rotatable bonds is 14. The van der Waals surface area contributed by atoms with Gasteiger partial charge in [0.1, 0.15) is 25.9 Å². The van der Waals surface area contributed by atoms with Crippen LogP contribution in [0.2, 0.25) is 0 Å². The molecule has 1 saturated heterocycles. The van der Waals surface area contributed by atoms with E-state index >= 15 is 0 Å². The van der Waals surface area contributed by atoms with Crippen LogP contribution in [0.15, 0.2) is 91.0 Å². The molecule has 41 heavy (non-hydrogen) atoms. The highest BCUT2D eigenvalue weighted by Gasteiger charge is 2.48. The van der Waals surface area contributed by atoms with Crippen molar-refractivity contribution in [3.05, 3.63) is 108 Å². The third kappa shape index (κ3) is 9.58. The monoisotopic (exact) mass is 582 g/mol. The first kappa shape index (κ1) is 31.1. The molecule has 1 heterocycles. The van der Waals surface area contributed by atoms with Crippen LogP contribution >= 0.6 is 7.60 Å². The van der Waals surface area contributed by atoms with Crippen LogP contribution in [0.4, 0.5) is 0 Å². The Labute approximate surface area is 241 Å². The summed E-state index contributed by atoms with van der Waals surface area (Å²) in [4.78, 5) is 24.9. The second-order valence-electron chi connectivity index (χ2n) is 9.94. The van der Waals surface area contributed by atoms with Gasteiger partial charge in [-0.1, -0.05) is 91.0 Å². The lowest BCUT2D eigenvalue weighted by molar-refractivity contribution is -0.234. The molecule has 6 atom stereocenters. The van der Waals surface area contributed by atoms with Crippen molar-refractivity contribution in [2.75, 3.05) is 19.9 Å². The fourth-order valence-corrected chi connectivity index (χ4v) is 5.71. The number of carbonyl (C=O) groups excluding carboxylic acids is 1. The van der Waals surface area contributed by atoms with Crippen molar-refractivity contribution in [1.82, 2.24) is 5.32 Å². The molecule has 1 N–H and O–H groups in total. The fraction of sp³-hybridized carbons (Fsp3) is 0.387. The van der Waals surface area contributed by atoms with Crippen molar-refractivity contribution < 1.29 is 37.7 Å². The molecule has 1 aliphatic heterocycles. The SMILES string of the molecule is COP(=O)([O-])C[C@H]1OC(COCc2ccccc2)[C@@H](OCc2ccccc2)C(OCc2ccccc2)C1NC(C)=O. The van der Waals surface area contributed by atoms with Crippen LogP contribution in [0.5, 0.6) is 0 Å². The number of ether oxygens (including phenoxy) is 4. The number of hydrogen-bond acceptors (Lipinski definition) is 8. The number of carbonyl (C=O) groups is 1. The van der Waals surface area contributed by atoms with E-state index in [1.807, 2.05) is 91.0 Å². The molecule has 1 fully saturated rings. The van der Waals surface area contributed by atoms with Crippen LogP contribution < -0.4 is 10.2 Å². The second kappa shape index (κ2) is 15.4. The zero-order valence-electron chi connectivity index (χ0n) is 23.3. The minimum atomic E-state index is -4.27. The summed E-state index contributed by atoms with van der Waals surface area (Å²) in [5, 5.41) is 2.87. The normalized spacial score (nSPS) is 23.9. The zero-order chi connectivity index (χ0) is 29.1. The summed E-state index contributed by atoms with van der Waals surface area (Å²) in [6, 6.07) is 28.1. The summed E-state index contributed by atoms with van der Waals surface area (Å²) in [6.45, 7) is 2.28. The van der Waals surface area contributed by atoms with Crippen LogP contribution in [0.3, 0.4) is 0 Å². The van der Waals surface area contributed by atoms with Gasteiger partial charge in [0.2, 0.25) is 5.91 Å². The molecule has 3 aromatic rings. The molecule has 0 aliphatic carbocycles. The predicted octanol–water partition coefficient (Wildman–Crippen LogP) is 3.85. The molecular weight excluding hydrogens is 545 g/mol. The van der Waals surface area contributed by atoms with E-state index in [0.717, 1.165) is 23.8 Å². The fourth-order valence-electron chi connectivity index (χ4n) is 4.81. The number of hydrogen-bond donors (Lipinski definition) is 1. The Hall–Kier alpha value is -2.88. The Kier molecular flexibility index (Phi) is 11.7. The predicted molar refractivity (Wildman–Crippen MR) is 152 cm³/mol. The molecule has 3 aromatic carbocycles. The van der Waals surface area contributed by atoms with Crippen molar-refractivity contribution in [2.24, 2.45) is 0 Å². The van der Waals surface area contributed by atoms with Gasteiger partial charge in [-0.3, -0.25) is 4.79 Å². The molecule has 10 heteroatoms. The Morgan fingerprint density at radius 2 is 1.29 bits per heavy atom. The average Bonchev–Trinajstić information content (AvgIpc) is 2.98. The Morgan fingerprint density at radius 1 is 0.805 bits per heavy atom. The van der Waals surface area contributed by atoms with Gasteiger partial charge in [-0.05, 0) is 16.7 Å². The highest BCUT2D eigenvalue weighted by molar-refractivity contribution is 7.51. The van der Waals surface area contributed by atoms with Gasteiger partial charge in [0.05, 0.1) is 38.6 Å². The van der Waals surface area contributed by atoms with Crippen molar-refractivity contribution in [3.8, 4) is 0 Å². The summed E-state index contributed by atoms with van der Waals surface area (Å²) in [6.07, 6.45) is -3.58. The maximum Gasteiger partial charge on any atom is 0.217 e. The van der Waals surface area contributed by atoms with Gasteiger partial charge >= 0.3 is 0 Å². The summed E-state index contributed by atoms with van der Waals surface area (Å²) in [7, 11) is -3.16. The quantitative estimate of drug-likeness (QED) is 0.285. The molecule has 1 aliphatic rings. The lowest BCUT2D eigenvalue weighted by Gasteiger charge is -2.47. The van der Waals surface area contributed by atoms with Gasteiger partial charge in [0, 0.05) is 20.2 Å². The maximum atomic E-state index is 12.6. The number of nitrogens with one attached hydrogen (secondary N) is 1. The Bertz CT molecular complexity index is 1250. The van der Waals surface area contributed by atoms with E-state index < -0.39 is 44.2 Å². The van der Waals surface area contributed by atoms with E-state index in [1.54, 1.807) is 0 Å². The standard InChI is InChI=1S/C31H38NO8P/c1-23(33)32-29-28(22-41(34,35)36-2)40-27(21-37-18-24-12-6-3-7-13-24)30(38-19-25-14-8-4-9-15-25)31(29)39-20-26-16-10-5-11-17-26/h3-17,27-31H,18-22H2,1-2H3,(H,32,33)(H,34,35)/p-1/t27?,28-,29?,30-,31?/m1/s1. The molecule has 0 aromatic heterocycles. The Morgan fingerprint density at radius 3 is 1.78 bits per heavy atom. The molecule has 0 saturated carbocycles. The third-order valence-corrected chi connectivity index (χ3v) is 8.17. The van der Waals surface area contributed by atoms with Crippen molar-refractivity contribution in [3.63, 3.8) is 0 Å². The van der Waals surface area contributed by atoms with Gasteiger partial charge in [-0.25, -0.2) is 0 Å². The van der Waals surface area contributed by atoms with Crippen LogP contribution in [-0.2, 0) is 52.7 Å². The molecule has 0 radical (unpaired) electrons. The van der Waals surface area contributed by atoms with Gasteiger partial charge < -0.3 is 38.2 Å².